The number of rotatable bonds is 3. The number of ether oxygens (including phenoxy) is 1. The topological polar surface area (TPSA) is 106 Å². The number of aromatic amines is 1. The first-order chi connectivity index (χ1) is 9.33. The van der Waals surface area contributed by atoms with Crippen LogP contribution in [0, 0.1) is 0 Å². The molecule has 100 valence electrons. The van der Waals surface area contributed by atoms with Gasteiger partial charge in [0.05, 0.1) is 6.61 Å². The quantitative estimate of drug-likeness (QED) is 0.784. The van der Waals surface area contributed by atoms with Gasteiger partial charge in [0.1, 0.15) is 11.9 Å². The van der Waals surface area contributed by atoms with Gasteiger partial charge >= 0.3 is 0 Å². The molecular formula is C11H15N7O. The van der Waals surface area contributed by atoms with Crippen LogP contribution in [-0.2, 0) is 11.3 Å². The zero-order valence-electron chi connectivity index (χ0n) is 10.4. The normalized spacial score (nSPS) is 20.5. The fourth-order valence-corrected chi connectivity index (χ4v) is 2.13. The first-order valence-electron chi connectivity index (χ1n) is 6.09. The summed E-state index contributed by atoms with van der Waals surface area (Å²) in [7, 11) is 0. The van der Waals surface area contributed by atoms with Gasteiger partial charge in [-0.25, -0.2) is 4.98 Å². The minimum absolute atomic E-state index is 0.148. The highest BCUT2D eigenvalue weighted by molar-refractivity contribution is 5.38. The molecule has 1 unspecified atom stereocenters. The molecule has 0 radical (unpaired) electrons. The van der Waals surface area contributed by atoms with Crippen LogP contribution in [0.15, 0.2) is 18.3 Å². The highest BCUT2D eigenvalue weighted by atomic mass is 16.5. The summed E-state index contributed by atoms with van der Waals surface area (Å²) in [5.41, 5.74) is 6.88. The summed E-state index contributed by atoms with van der Waals surface area (Å²) in [5, 5.41) is 13.9. The Morgan fingerprint density at radius 2 is 2.47 bits per heavy atom. The van der Waals surface area contributed by atoms with Crippen molar-refractivity contribution in [3.8, 4) is 0 Å². The van der Waals surface area contributed by atoms with Crippen LogP contribution in [0.2, 0.25) is 0 Å². The lowest BCUT2D eigenvalue weighted by atomic mass is 10.2. The molecule has 3 heterocycles. The van der Waals surface area contributed by atoms with E-state index in [1.54, 1.807) is 6.20 Å². The highest BCUT2D eigenvalue weighted by Crippen LogP contribution is 2.20. The van der Waals surface area contributed by atoms with Gasteiger partial charge in [-0.15, -0.1) is 10.2 Å². The Bertz CT molecular complexity index is 530. The Labute approximate surface area is 110 Å². The first kappa shape index (κ1) is 12.0. The Kier molecular flexibility index (Phi) is 3.34. The minimum Gasteiger partial charge on any atom is -0.383 e. The SMILES string of the molecule is Nc1ncccc1CN1CCOC(c2nn[nH]n2)C1. The van der Waals surface area contributed by atoms with E-state index in [0.717, 1.165) is 18.7 Å². The largest absolute Gasteiger partial charge is 0.383 e. The van der Waals surface area contributed by atoms with Gasteiger partial charge in [-0.3, -0.25) is 4.90 Å². The van der Waals surface area contributed by atoms with Crippen LogP contribution < -0.4 is 5.73 Å². The number of nitrogens with zero attached hydrogens (tertiary/aromatic N) is 5. The van der Waals surface area contributed by atoms with E-state index >= 15 is 0 Å². The number of tetrazole rings is 1. The Hall–Kier alpha value is -2.06. The highest BCUT2D eigenvalue weighted by Gasteiger charge is 2.25. The van der Waals surface area contributed by atoms with E-state index in [4.69, 9.17) is 10.5 Å². The van der Waals surface area contributed by atoms with Crippen molar-refractivity contribution in [1.29, 1.82) is 0 Å². The Morgan fingerprint density at radius 1 is 1.53 bits per heavy atom. The van der Waals surface area contributed by atoms with Crippen LogP contribution in [0.5, 0.6) is 0 Å². The molecule has 0 aromatic carbocycles. The van der Waals surface area contributed by atoms with E-state index in [1.807, 2.05) is 12.1 Å². The van der Waals surface area contributed by atoms with Gasteiger partial charge in [-0.05, 0) is 6.07 Å². The lowest BCUT2D eigenvalue weighted by molar-refractivity contribution is -0.0371. The average molecular weight is 261 g/mol. The number of H-pyrrole nitrogens is 1. The smallest absolute Gasteiger partial charge is 0.204 e. The molecule has 3 rings (SSSR count). The molecule has 8 nitrogen and oxygen atoms in total. The summed E-state index contributed by atoms with van der Waals surface area (Å²) in [6, 6.07) is 3.88. The second-order valence-corrected chi connectivity index (χ2v) is 4.41. The van der Waals surface area contributed by atoms with Crippen molar-refractivity contribution >= 4 is 5.82 Å². The molecule has 8 heteroatoms. The third-order valence-electron chi connectivity index (χ3n) is 3.12. The van der Waals surface area contributed by atoms with Crippen molar-refractivity contribution < 1.29 is 4.74 Å². The van der Waals surface area contributed by atoms with Crippen molar-refractivity contribution in [3.63, 3.8) is 0 Å². The van der Waals surface area contributed by atoms with Gasteiger partial charge in [-0.1, -0.05) is 11.3 Å². The molecule has 0 saturated carbocycles. The summed E-state index contributed by atoms with van der Waals surface area (Å²) in [5.74, 6) is 1.16. The van der Waals surface area contributed by atoms with Gasteiger partial charge in [0, 0.05) is 31.4 Å². The second-order valence-electron chi connectivity index (χ2n) is 4.41. The molecule has 0 spiro atoms. The maximum absolute atomic E-state index is 5.86. The van der Waals surface area contributed by atoms with Crippen molar-refractivity contribution in [3.05, 3.63) is 29.7 Å². The average Bonchev–Trinajstić information content (AvgIpc) is 2.96. The molecule has 1 fully saturated rings. The summed E-state index contributed by atoms with van der Waals surface area (Å²) in [6.45, 7) is 2.95. The third-order valence-corrected chi connectivity index (χ3v) is 3.12. The van der Waals surface area contributed by atoms with Crippen molar-refractivity contribution in [2.75, 3.05) is 25.4 Å². The molecule has 1 aliphatic rings. The van der Waals surface area contributed by atoms with Gasteiger partial charge in [-0.2, -0.15) is 5.21 Å². The molecule has 2 aromatic rings. The monoisotopic (exact) mass is 261 g/mol. The van der Waals surface area contributed by atoms with Gasteiger partial charge in [0.15, 0.2) is 0 Å². The number of hydrogen-bond acceptors (Lipinski definition) is 7. The molecule has 3 N–H and O–H groups in total. The van der Waals surface area contributed by atoms with Crippen molar-refractivity contribution in [2.24, 2.45) is 0 Å². The zero-order valence-corrected chi connectivity index (χ0v) is 10.4. The summed E-state index contributed by atoms with van der Waals surface area (Å²) < 4.78 is 5.65. The van der Waals surface area contributed by atoms with E-state index in [-0.39, 0.29) is 6.10 Å². The summed E-state index contributed by atoms with van der Waals surface area (Å²) in [6.07, 6.45) is 1.55. The van der Waals surface area contributed by atoms with E-state index in [9.17, 15) is 0 Å². The Balaban J connectivity index is 1.67. The molecule has 1 saturated heterocycles. The van der Waals surface area contributed by atoms with E-state index in [2.05, 4.69) is 30.5 Å². The molecule has 1 atom stereocenters. The molecule has 0 aliphatic carbocycles. The number of aromatic nitrogens is 5. The molecule has 0 bridgehead atoms. The first-order valence-corrected chi connectivity index (χ1v) is 6.09. The molecule has 2 aromatic heterocycles. The maximum atomic E-state index is 5.86. The van der Waals surface area contributed by atoms with Gasteiger partial charge in [0.25, 0.3) is 0 Å². The van der Waals surface area contributed by atoms with Crippen molar-refractivity contribution in [2.45, 2.75) is 12.6 Å². The third kappa shape index (κ3) is 2.69. The number of nitrogens with one attached hydrogen (secondary N) is 1. The number of hydrogen-bond donors (Lipinski definition) is 2. The van der Waals surface area contributed by atoms with Crippen LogP contribution in [0.1, 0.15) is 17.5 Å². The van der Waals surface area contributed by atoms with E-state index < -0.39 is 0 Å². The number of morpholine rings is 1. The molecule has 19 heavy (non-hydrogen) atoms. The van der Waals surface area contributed by atoms with Crippen LogP contribution in [0.4, 0.5) is 5.82 Å². The second kappa shape index (κ2) is 5.29. The van der Waals surface area contributed by atoms with E-state index in [0.29, 0.717) is 24.8 Å². The maximum Gasteiger partial charge on any atom is 0.204 e. The predicted molar refractivity (Wildman–Crippen MR) is 66.8 cm³/mol. The number of nitrogens with two attached hydrogens (primary N) is 1. The van der Waals surface area contributed by atoms with Crippen LogP contribution in [0.3, 0.4) is 0 Å². The Morgan fingerprint density at radius 3 is 3.26 bits per heavy atom. The van der Waals surface area contributed by atoms with E-state index in [1.165, 1.54) is 0 Å². The molecule has 0 amide bonds. The minimum atomic E-state index is -0.148. The van der Waals surface area contributed by atoms with Crippen LogP contribution >= 0.6 is 0 Å². The van der Waals surface area contributed by atoms with Crippen molar-refractivity contribution in [1.82, 2.24) is 30.5 Å². The molecule has 1 aliphatic heterocycles. The summed E-state index contributed by atoms with van der Waals surface area (Å²) >= 11 is 0. The lowest BCUT2D eigenvalue weighted by Crippen LogP contribution is -2.38. The number of pyridine rings is 1. The predicted octanol–water partition coefficient (Wildman–Crippen LogP) is -0.250. The van der Waals surface area contributed by atoms with Crippen LogP contribution in [0.25, 0.3) is 0 Å². The zero-order chi connectivity index (χ0) is 13.1. The number of nitrogen functional groups attached to an aromatic ring is 1. The fraction of sp³-hybridized carbons (Fsp3) is 0.455. The molecular weight excluding hydrogens is 246 g/mol. The van der Waals surface area contributed by atoms with Crippen LogP contribution in [-0.4, -0.2) is 50.2 Å². The summed E-state index contributed by atoms with van der Waals surface area (Å²) in [4.78, 5) is 6.34. The lowest BCUT2D eigenvalue weighted by Gasteiger charge is -2.31. The van der Waals surface area contributed by atoms with Gasteiger partial charge < -0.3 is 10.5 Å². The fourth-order valence-electron chi connectivity index (χ4n) is 2.13. The van der Waals surface area contributed by atoms with Gasteiger partial charge in [0.2, 0.25) is 5.82 Å². The number of anilines is 1. The standard InChI is InChI=1S/C11H15N7O/c12-10-8(2-1-3-13-10)6-18-4-5-19-9(7-18)11-14-16-17-15-11/h1-3,9H,4-7H2,(H2,12,13)(H,14,15,16,17).